The van der Waals surface area contributed by atoms with Gasteiger partial charge in [0.05, 0.1) is 12.6 Å². The molecule has 2 N–H and O–H groups in total. The molecular weight excluding hydrogens is 202 g/mol. The Morgan fingerprint density at radius 2 is 2.56 bits per heavy atom. The molecular formula is C12H15N3O. The third kappa shape index (κ3) is 1.76. The molecule has 2 aromatic heterocycles. The number of aryl methyl sites for hydroxylation is 1. The highest BCUT2D eigenvalue weighted by Gasteiger charge is 2.21. The molecule has 0 fully saturated rings. The van der Waals surface area contributed by atoms with Gasteiger partial charge in [0, 0.05) is 36.5 Å². The summed E-state index contributed by atoms with van der Waals surface area (Å²) in [4.78, 5) is 7.10. The maximum atomic E-state index is 5.46. The fourth-order valence-electron chi connectivity index (χ4n) is 2.31. The van der Waals surface area contributed by atoms with Crippen LogP contribution in [0.2, 0.25) is 0 Å². The molecule has 0 saturated carbocycles. The van der Waals surface area contributed by atoms with E-state index >= 15 is 0 Å². The van der Waals surface area contributed by atoms with E-state index in [0.29, 0.717) is 6.04 Å². The number of furan rings is 1. The van der Waals surface area contributed by atoms with E-state index in [2.05, 4.69) is 21.4 Å². The second-order valence-corrected chi connectivity index (χ2v) is 4.20. The molecule has 4 nitrogen and oxygen atoms in total. The first kappa shape index (κ1) is 9.66. The number of hydrogen-bond acceptors (Lipinski definition) is 3. The van der Waals surface area contributed by atoms with Crippen LogP contribution in [0, 0.1) is 0 Å². The third-order valence-corrected chi connectivity index (χ3v) is 3.15. The van der Waals surface area contributed by atoms with Crippen LogP contribution in [0.4, 0.5) is 0 Å². The summed E-state index contributed by atoms with van der Waals surface area (Å²) >= 11 is 0. The molecule has 2 heterocycles. The van der Waals surface area contributed by atoms with Crippen molar-refractivity contribution in [2.24, 2.45) is 0 Å². The van der Waals surface area contributed by atoms with E-state index in [9.17, 15) is 0 Å². The van der Waals surface area contributed by atoms with Gasteiger partial charge < -0.3 is 14.7 Å². The summed E-state index contributed by atoms with van der Waals surface area (Å²) in [6.07, 6.45) is 8.81. The Balaban J connectivity index is 1.69. The summed E-state index contributed by atoms with van der Waals surface area (Å²) in [5.41, 5.74) is 2.45. The Kier molecular flexibility index (Phi) is 2.50. The Morgan fingerprint density at radius 1 is 1.56 bits per heavy atom. The average Bonchev–Trinajstić information content (AvgIpc) is 2.97. The lowest BCUT2D eigenvalue weighted by Crippen LogP contribution is -2.24. The first-order valence-electron chi connectivity index (χ1n) is 5.70. The lowest BCUT2D eigenvalue weighted by Gasteiger charge is -2.22. The van der Waals surface area contributed by atoms with E-state index in [0.717, 1.165) is 24.4 Å². The van der Waals surface area contributed by atoms with Crippen molar-refractivity contribution in [3.05, 3.63) is 41.9 Å². The van der Waals surface area contributed by atoms with Crippen molar-refractivity contribution < 1.29 is 4.42 Å². The predicted molar refractivity (Wildman–Crippen MR) is 59.8 cm³/mol. The van der Waals surface area contributed by atoms with E-state index in [4.69, 9.17) is 4.42 Å². The van der Waals surface area contributed by atoms with Crippen molar-refractivity contribution in [3.8, 4) is 0 Å². The van der Waals surface area contributed by atoms with Crippen LogP contribution in [-0.2, 0) is 13.0 Å². The van der Waals surface area contributed by atoms with Crippen LogP contribution < -0.4 is 5.32 Å². The van der Waals surface area contributed by atoms with Gasteiger partial charge >= 0.3 is 0 Å². The standard InChI is InChI=1S/C12H15N3O/c1-2-11(10-4-5-16-12(10)3-1)14-7-9-6-13-8-15-9/h4-6,8,11,14H,1-3,7H2,(H,13,15). The molecule has 84 valence electrons. The maximum absolute atomic E-state index is 5.46. The van der Waals surface area contributed by atoms with E-state index in [1.807, 2.05) is 6.20 Å². The molecule has 2 aromatic rings. The molecule has 1 atom stereocenters. The number of aromatic nitrogens is 2. The molecule has 0 aliphatic heterocycles. The van der Waals surface area contributed by atoms with Crippen LogP contribution in [0.25, 0.3) is 0 Å². The van der Waals surface area contributed by atoms with Crippen molar-refractivity contribution in [2.45, 2.75) is 31.8 Å². The summed E-state index contributed by atoms with van der Waals surface area (Å²) in [6.45, 7) is 0.829. The van der Waals surface area contributed by atoms with Crippen LogP contribution in [0.1, 0.15) is 35.9 Å². The van der Waals surface area contributed by atoms with Crippen molar-refractivity contribution in [1.29, 1.82) is 0 Å². The molecule has 3 rings (SSSR count). The largest absolute Gasteiger partial charge is 0.469 e. The number of aromatic amines is 1. The molecule has 1 aliphatic carbocycles. The Hall–Kier alpha value is -1.55. The van der Waals surface area contributed by atoms with Crippen LogP contribution >= 0.6 is 0 Å². The SMILES string of the molecule is c1ncc(CNC2CCCc3occc32)[nH]1. The normalized spacial score (nSPS) is 19.6. The minimum Gasteiger partial charge on any atom is -0.469 e. The monoisotopic (exact) mass is 217 g/mol. The summed E-state index contributed by atoms with van der Waals surface area (Å²) < 4.78 is 5.46. The molecule has 1 unspecified atom stereocenters. The van der Waals surface area contributed by atoms with Gasteiger partial charge in [-0.25, -0.2) is 4.98 Å². The second-order valence-electron chi connectivity index (χ2n) is 4.20. The zero-order valence-electron chi connectivity index (χ0n) is 9.07. The number of nitrogens with one attached hydrogen (secondary N) is 2. The van der Waals surface area contributed by atoms with Gasteiger partial charge in [0.1, 0.15) is 5.76 Å². The Labute approximate surface area is 94.1 Å². The van der Waals surface area contributed by atoms with Crippen LogP contribution in [0.5, 0.6) is 0 Å². The van der Waals surface area contributed by atoms with Crippen molar-refractivity contribution >= 4 is 0 Å². The predicted octanol–water partition coefficient (Wildman–Crippen LogP) is 2.17. The minimum absolute atomic E-state index is 0.422. The van der Waals surface area contributed by atoms with Crippen LogP contribution in [-0.4, -0.2) is 9.97 Å². The van der Waals surface area contributed by atoms with Gasteiger partial charge in [-0.15, -0.1) is 0 Å². The number of imidazole rings is 1. The summed E-state index contributed by atoms with van der Waals surface area (Å²) in [6, 6.07) is 2.50. The lowest BCUT2D eigenvalue weighted by molar-refractivity contribution is 0.409. The van der Waals surface area contributed by atoms with Crippen molar-refractivity contribution in [2.75, 3.05) is 0 Å². The number of rotatable bonds is 3. The molecule has 0 radical (unpaired) electrons. The topological polar surface area (TPSA) is 53.9 Å². The van der Waals surface area contributed by atoms with Gasteiger partial charge in [-0.05, 0) is 18.9 Å². The zero-order valence-corrected chi connectivity index (χ0v) is 9.07. The maximum Gasteiger partial charge on any atom is 0.108 e. The fourth-order valence-corrected chi connectivity index (χ4v) is 2.31. The number of fused-ring (bicyclic) bond motifs is 1. The lowest BCUT2D eigenvalue weighted by atomic mass is 9.93. The smallest absolute Gasteiger partial charge is 0.108 e. The van der Waals surface area contributed by atoms with Gasteiger partial charge in [-0.3, -0.25) is 0 Å². The van der Waals surface area contributed by atoms with E-state index in [1.165, 1.54) is 18.4 Å². The molecule has 0 spiro atoms. The van der Waals surface area contributed by atoms with Gasteiger partial charge in [-0.1, -0.05) is 0 Å². The molecule has 1 aliphatic rings. The molecule has 16 heavy (non-hydrogen) atoms. The number of nitrogens with zero attached hydrogens (tertiary/aromatic N) is 1. The Bertz CT molecular complexity index is 447. The quantitative estimate of drug-likeness (QED) is 0.828. The fraction of sp³-hybridized carbons (Fsp3) is 0.417. The Morgan fingerprint density at radius 3 is 3.44 bits per heavy atom. The van der Waals surface area contributed by atoms with Crippen LogP contribution in [0.15, 0.2) is 29.3 Å². The highest BCUT2D eigenvalue weighted by atomic mass is 16.3. The molecule has 0 saturated heterocycles. The number of H-pyrrole nitrogens is 1. The van der Waals surface area contributed by atoms with E-state index < -0.39 is 0 Å². The third-order valence-electron chi connectivity index (χ3n) is 3.15. The van der Waals surface area contributed by atoms with Crippen LogP contribution in [0.3, 0.4) is 0 Å². The molecule has 0 bridgehead atoms. The summed E-state index contributed by atoms with van der Waals surface area (Å²) in [5.74, 6) is 1.15. The highest BCUT2D eigenvalue weighted by Crippen LogP contribution is 2.30. The second kappa shape index (κ2) is 4.14. The van der Waals surface area contributed by atoms with Gasteiger partial charge in [0.25, 0.3) is 0 Å². The van der Waals surface area contributed by atoms with Gasteiger partial charge in [0.15, 0.2) is 0 Å². The van der Waals surface area contributed by atoms with Crippen molar-refractivity contribution in [3.63, 3.8) is 0 Å². The molecule has 4 heteroatoms. The van der Waals surface area contributed by atoms with E-state index in [1.54, 1.807) is 12.6 Å². The average molecular weight is 217 g/mol. The number of hydrogen-bond donors (Lipinski definition) is 2. The van der Waals surface area contributed by atoms with E-state index in [-0.39, 0.29) is 0 Å². The molecule has 0 amide bonds. The summed E-state index contributed by atoms with van der Waals surface area (Å²) in [7, 11) is 0. The first-order valence-corrected chi connectivity index (χ1v) is 5.70. The van der Waals surface area contributed by atoms with Crippen molar-refractivity contribution in [1.82, 2.24) is 15.3 Å². The highest BCUT2D eigenvalue weighted by molar-refractivity contribution is 5.24. The zero-order chi connectivity index (χ0) is 10.8. The minimum atomic E-state index is 0.422. The summed E-state index contributed by atoms with van der Waals surface area (Å²) in [5, 5.41) is 3.54. The first-order chi connectivity index (χ1) is 7.93. The molecule has 0 aromatic carbocycles. The van der Waals surface area contributed by atoms with Gasteiger partial charge in [-0.2, -0.15) is 0 Å². The van der Waals surface area contributed by atoms with Gasteiger partial charge in [0.2, 0.25) is 0 Å².